The molecule has 4 fully saturated rings. The van der Waals surface area contributed by atoms with E-state index >= 15 is 0 Å². The smallest absolute Gasteiger partial charge is 0.224 e. The molecule has 0 radical (unpaired) electrons. The van der Waals surface area contributed by atoms with E-state index in [1.165, 1.54) is 0 Å². The second-order valence-electron chi connectivity index (χ2n) is 7.65. The quantitative estimate of drug-likeness (QED) is 0.801. The summed E-state index contributed by atoms with van der Waals surface area (Å²) in [6.45, 7) is 4.29. The van der Waals surface area contributed by atoms with Crippen molar-refractivity contribution >= 4 is 23.1 Å². The van der Waals surface area contributed by atoms with Crippen LogP contribution in [0.4, 0.5) is 11.5 Å². The largest absolute Gasteiger partial charge is 0.393 e. The van der Waals surface area contributed by atoms with Crippen LogP contribution >= 0.6 is 11.6 Å². The molecular weight excluding hydrogens is 312 g/mol. The lowest BCUT2D eigenvalue weighted by Crippen LogP contribution is -2.63. The molecule has 4 saturated carbocycles. The van der Waals surface area contributed by atoms with Gasteiger partial charge in [0.25, 0.3) is 0 Å². The molecule has 2 heterocycles. The Kier molecular flexibility index (Phi) is 2.49. The fourth-order valence-electron chi connectivity index (χ4n) is 5.65. The van der Waals surface area contributed by atoms with E-state index in [4.69, 9.17) is 13.0 Å². The molecule has 4 aliphatic carbocycles. The lowest BCUT2D eigenvalue weighted by molar-refractivity contribution is -0.102. The first-order valence-corrected chi connectivity index (χ1v) is 8.67. The normalized spacial score (nSPS) is 44.7. The van der Waals surface area contributed by atoms with Crippen molar-refractivity contribution in [3.63, 3.8) is 0 Å². The van der Waals surface area contributed by atoms with E-state index in [1.807, 2.05) is 11.9 Å². The van der Waals surface area contributed by atoms with Crippen LogP contribution in [-0.4, -0.2) is 33.7 Å². The maximum Gasteiger partial charge on any atom is 0.224 e. The standard InChI is InChI=1S/C17H21ClN4O/c1-9-21(2)13-8-19-16(18)20-15(13)22(9)17-5-10-3-11(6-17)14(23)12(4-10)7-17/h8,10-12,14,23H,1,3-7H2,2H3/i14D. The van der Waals surface area contributed by atoms with E-state index in [9.17, 15) is 5.11 Å². The first-order chi connectivity index (χ1) is 11.3. The van der Waals surface area contributed by atoms with Gasteiger partial charge in [0.1, 0.15) is 11.5 Å². The van der Waals surface area contributed by atoms with Gasteiger partial charge in [0, 0.05) is 12.6 Å². The molecule has 2 unspecified atom stereocenters. The van der Waals surface area contributed by atoms with Crippen molar-refractivity contribution in [1.82, 2.24) is 9.97 Å². The van der Waals surface area contributed by atoms with Gasteiger partial charge < -0.3 is 14.9 Å². The maximum atomic E-state index is 10.7. The second kappa shape index (κ2) is 4.39. The number of nitrogens with zero attached hydrogens (tertiary/aromatic N) is 4. The van der Waals surface area contributed by atoms with Crippen molar-refractivity contribution in [2.45, 2.75) is 43.7 Å². The van der Waals surface area contributed by atoms with Crippen molar-refractivity contribution in [3.05, 3.63) is 23.9 Å². The highest BCUT2D eigenvalue weighted by molar-refractivity contribution is 6.28. The highest BCUT2D eigenvalue weighted by Gasteiger charge is 2.59. The zero-order chi connectivity index (χ0) is 16.9. The van der Waals surface area contributed by atoms with E-state index in [1.54, 1.807) is 6.20 Å². The molecule has 0 saturated heterocycles. The number of aliphatic hydroxyl groups is 1. The van der Waals surface area contributed by atoms with Gasteiger partial charge in [0.05, 0.1) is 13.6 Å². The van der Waals surface area contributed by atoms with Crippen molar-refractivity contribution in [1.29, 1.82) is 0 Å². The van der Waals surface area contributed by atoms with Crippen LogP contribution in [0.25, 0.3) is 0 Å². The van der Waals surface area contributed by atoms with Crippen LogP contribution in [0.5, 0.6) is 0 Å². The Morgan fingerprint density at radius 2 is 2.09 bits per heavy atom. The molecule has 1 aromatic heterocycles. The van der Waals surface area contributed by atoms with Crippen LogP contribution in [0.3, 0.4) is 0 Å². The summed E-state index contributed by atoms with van der Waals surface area (Å²) in [5.41, 5.74) is 0.805. The topological polar surface area (TPSA) is 52.5 Å². The van der Waals surface area contributed by atoms with Crippen LogP contribution in [0.1, 0.15) is 33.5 Å². The molecular formula is C17H21ClN4O. The van der Waals surface area contributed by atoms with Crippen LogP contribution in [0.15, 0.2) is 18.6 Å². The van der Waals surface area contributed by atoms with Gasteiger partial charge in [-0.05, 0) is 61.5 Å². The minimum absolute atomic E-state index is 0.0308. The van der Waals surface area contributed by atoms with E-state index in [0.29, 0.717) is 5.92 Å². The molecule has 1 aliphatic heterocycles. The summed E-state index contributed by atoms with van der Waals surface area (Å²) in [4.78, 5) is 12.9. The van der Waals surface area contributed by atoms with Crippen LogP contribution < -0.4 is 9.80 Å². The molecule has 5 nitrogen and oxygen atoms in total. The van der Waals surface area contributed by atoms with E-state index in [-0.39, 0.29) is 22.7 Å². The Hall–Kier alpha value is -1.33. The van der Waals surface area contributed by atoms with Crippen molar-refractivity contribution < 1.29 is 6.48 Å². The average molecular weight is 334 g/mol. The highest BCUT2D eigenvalue weighted by Crippen LogP contribution is 2.60. The Labute approximate surface area is 142 Å². The Bertz CT molecular complexity index is 736. The van der Waals surface area contributed by atoms with E-state index < -0.39 is 6.08 Å². The summed E-state index contributed by atoms with van der Waals surface area (Å²) in [6.07, 6.45) is 5.10. The lowest BCUT2D eigenvalue weighted by atomic mass is 9.51. The summed E-state index contributed by atoms with van der Waals surface area (Å²) in [7, 11) is 1.97. The number of aromatic nitrogens is 2. The molecule has 0 aromatic carbocycles. The fraction of sp³-hybridized carbons (Fsp3) is 0.647. The number of anilines is 2. The third-order valence-electron chi connectivity index (χ3n) is 6.41. The summed E-state index contributed by atoms with van der Waals surface area (Å²) in [5.74, 6) is 2.34. The zero-order valence-corrected chi connectivity index (χ0v) is 13.9. The first-order valence-electron chi connectivity index (χ1n) is 8.79. The van der Waals surface area contributed by atoms with Crippen molar-refractivity contribution in [2.24, 2.45) is 17.8 Å². The van der Waals surface area contributed by atoms with Gasteiger partial charge in [0.2, 0.25) is 5.28 Å². The predicted molar refractivity (Wildman–Crippen MR) is 89.4 cm³/mol. The molecule has 6 heteroatoms. The number of rotatable bonds is 1. The number of hydrogen-bond donors (Lipinski definition) is 1. The monoisotopic (exact) mass is 333 g/mol. The second-order valence-corrected chi connectivity index (χ2v) is 7.99. The summed E-state index contributed by atoms with van der Waals surface area (Å²) in [6, 6.07) is 0. The van der Waals surface area contributed by atoms with E-state index in [2.05, 4.69) is 21.4 Å². The van der Waals surface area contributed by atoms with Crippen LogP contribution in [0, 0.1) is 17.8 Å². The molecule has 6 rings (SSSR count). The molecule has 23 heavy (non-hydrogen) atoms. The highest BCUT2D eigenvalue weighted by atomic mass is 35.5. The van der Waals surface area contributed by atoms with Gasteiger partial charge in [0.15, 0.2) is 5.82 Å². The molecule has 0 amide bonds. The van der Waals surface area contributed by atoms with Crippen LogP contribution in [0.2, 0.25) is 5.28 Å². The van der Waals surface area contributed by atoms with Crippen LogP contribution in [-0.2, 0) is 0 Å². The molecule has 122 valence electrons. The van der Waals surface area contributed by atoms with E-state index in [0.717, 1.165) is 49.4 Å². The summed E-state index contributed by atoms with van der Waals surface area (Å²) in [5, 5.41) is 10.9. The Morgan fingerprint density at radius 1 is 1.39 bits per heavy atom. The minimum Gasteiger partial charge on any atom is -0.393 e. The number of fused-ring (bicyclic) bond motifs is 1. The zero-order valence-electron chi connectivity index (χ0n) is 14.2. The molecule has 2 atom stereocenters. The third kappa shape index (κ3) is 1.72. The SMILES string of the molecule is [2H]C1(O)C2CC3CC1CC(N1C(=C)N(C)c4cnc(Cl)nc41)(C3)C2. The molecule has 1 aromatic rings. The summed E-state index contributed by atoms with van der Waals surface area (Å²) >= 11 is 6.07. The van der Waals surface area contributed by atoms with Gasteiger partial charge in [-0.3, -0.25) is 0 Å². The third-order valence-corrected chi connectivity index (χ3v) is 6.59. The maximum absolute atomic E-state index is 10.7. The number of hydrogen-bond acceptors (Lipinski definition) is 5. The first kappa shape index (κ1) is 13.0. The van der Waals surface area contributed by atoms with Crippen molar-refractivity contribution in [2.75, 3.05) is 16.8 Å². The summed E-state index contributed by atoms with van der Waals surface area (Å²) < 4.78 is 8.44. The minimum atomic E-state index is -1.28. The number of halogens is 1. The van der Waals surface area contributed by atoms with Crippen molar-refractivity contribution in [3.8, 4) is 0 Å². The van der Waals surface area contributed by atoms with Gasteiger partial charge >= 0.3 is 0 Å². The van der Waals surface area contributed by atoms with Gasteiger partial charge in [-0.15, -0.1) is 0 Å². The lowest BCUT2D eigenvalue weighted by Gasteiger charge is -2.61. The fourth-order valence-corrected chi connectivity index (χ4v) is 5.78. The van der Waals surface area contributed by atoms with Gasteiger partial charge in [-0.25, -0.2) is 4.98 Å². The molecule has 5 aliphatic rings. The Balaban J connectivity index is 1.63. The average Bonchev–Trinajstić information content (AvgIpc) is 2.76. The van der Waals surface area contributed by atoms with Gasteiger partial charge in [-0.2, -0.15) is 4.98 Å². The predicted octanol–water partition coefficient (Wildman–Crippen LogP) is 2.80. The molecule has 1 N–H and O–H groups in total. The molecule has 4 bridgehead atoms. The Morgan fingerprint density at radius 3 is 2.78 bits per heavy atom. The molecule has 0 spiro atoms. The van der Waals surface area contributed by atoms with Gasteiger partial charge in [-0.1, -0.05) is 6.58 Å².